The second kappa shape index (κ2) is 6.34. The summed E-state index contributed by atoms with van der Waals surface area (Å²) in [6.07, 6.45) is -0.734. The molecule has 1 heterocycles. The second-order valence-electron chi connectivity index (χ2n) is 4.81. The summed E-state index contributed by atoms with van der Waals surface area (Å²) in [5.41, 5.74) is 1.44. The van der Waals surface area contributed by atoms with Gasteiger partial charge in [0.05, 0.1) is 19.1 Å². The van der Waals surface area contributed by atoms with Gasteiger partial charge in [-0.05, 0) is 12.5 Å². The van der Waals surface area contributed by atoms with Crippen molar-refractivity contribution < 1.29 is 14.4 Å². The average molecular weight is 274 g/mol. The van der Waals surface area contributed by atoms with Gasteiger partial charge in [0.15, 0.2) is 0 Å². The molecule has 1 amide bonds. The van der Waals surface area contributed by atoms with Gasteiger partial charge in [0, 0.05) is 13.1 Å². The Labute approximate surface area is 117 Å². The summed E-state index contributed by atoms with van der Waals surface area (Å²) in [5.74, 6) is 0.576. The Morgan fingerprint density at radius 1 is 1.40 bits per heavy atom. The molecule has 2 rings (SSSR count). The molecule has 1 atom stereocenters. The molecule has 0 bridgehead atoms. The van der Waals surface area contributed by atoms with Gasteiger partial charge in [0.25, 0.3) is 0 Å². The van der Waals surface area contributed by atoms with E-state index in [0.717, 1.165) is 5.56 Å². The normalized spacial score (nSPS) is 12.2. The van der Waals surface area contributed by atoms with Gasteiger partial charge in [0.2, 0.25) is 5.91 Å². The van der Waals surface area contributed by atoms with E-state index in [1.54, 1.807) is 32.2 Å². The van der Waals surface area contributed by atoms with Crippen molar-refractivity contribution in [2.75, 3.05) is 7.05 Å². The molecule has 0 aliphatic heterocycles. The zero-order chi connectivity index (χ0) is 14.5. The van der Waals surface area contributed by atoms with Crippen LogP contribution >= 0.6 is 0 Å². The lowest BCUT2D eigenvalue weighted by molar-refractivity contribution is -0.132. The number of aliphatic hydroxyl groups is 1. The molecule has 20 heavy (non-hydrogen) atoms. The van der Waals surface area contributed by atoms with Crippen LogP contribution in [0.4, 0.5) is 0 Å². The van der Waals surface area contributed by atoms with Gasteiger partial charge >= 0.3 is 0 Å². The summed E-state index contributed by atoms with van der Waals surface area (Å²) in [6.45, 7) is 2.18. The summed E-state index contributed by atoms with van der Waals surface area (Å²) in [6, 6.07) is 10.9. The molecule has 0 fully saturated rings. The lowest BCUT2D eigenvalue weighted by Gasteiger charge is -2.18. The molecule has 0 radical (unpaired) electrons. The van der Waals surface area contributed by atoms with Crippen LogP contribution in [0.25, 0.3) is 0 Å². The monoisotopic (exact) mass is 274 g/mol. The number of hydrogen-bond donors (Lipinski definition) is 1. The number of carbonyl (C=O) groups excluding carboxylic acids is 1. The molecule has 5 heteroatoms. The molecule has 0 aliphatic carbocycles. The lowest BCUT2D eigenvalue weighted by Crippen LogP contribution is -2.27. The number of aryl methyl sites for hydroxylation is 1. The van der Waals surface area contributed by atoms with Crippen molar-refractivity contribution in [3.05, 3.63) is 53.4 Å². The minimum Gasteiger partial charge on any atom is -0.388 e. The van der Waals surface area contributed by atoms with Crippen molar-refractivity contribution in [2.45, 2.75) is 26.0 Å². The van der Waals surface area contributed by atoms with E-state index in [-0.39, 0.29) is 12.3 Å². The van der Waals surface area contributed by atoms with E-state index in [0.29, 0.717) is 18.0 Å². The highest BCUT2D eigenvalue weighted by molar-refractivity contribution is 5.76. The summed E-state index contributed by atoms with van der Waals surface area (Å²) in [5, 5.41) is 13.9. The predicted molar refractivity (Wildman–Crippen MR) is 73.7 cm³/mol. The first-order valence-corrected chi connectivity index (χ1v) is 6.45. The van der Waals surface area contributed by atoms with Crippen molar-refractivity contribution in [1.82, 2.24) is 10.1 Å². The topological polar surface area (TPSA) is 66.6 Å². The smallest absolute Gasteiger partial charge is 0.225 e. The van der Waals surface area contributed by atoms with E-state index in [2.05, 4.69) is 5.16 Å². The highest BCUT2D eigenvalue weighted by Crippen LogP contribution is 2.17. The Kier molecular flexibility index (Phi) is 4.53. The van der Waals surface area contributed by atoms with Crippen LogP contribution in [0.2, 0.25) is 0 Å². The number of amides is 1. The molecule has 0 spiro atoms. The van der Waals surface area contributed by atoms with Crippen LogP contribution in [0.1, 0.15) is 29.5 Å². The van der Waals surface area contributed by atoms with Crippen molar-refractivity contribution in [1.29, 1.82) is 0 Å². The van der Waals surface area contributed by atoms with Gasteiger partial charge in [-0.25, -0.2) is 0 Å². The first-order valence-electron chi connectivity index (χ1n) is 6.45. The van der Waals surface area contributed by atoms with Gasteiger partial charge in [-0.1, -0.05) is 35.5 Å². The summed E-state index contributed by atoms with van der Waals surface area (Å²) in [4.78, 5) is 13.6. The van der Waals surface area contributed by atoms with Crippen molar-refractivity contribution in [3.63, 3.8) is 0 Å². The van der Waals surface area contributed by atoms with E-state index in [1.807, 2.05) is 18.2 Å². The summed E-state index contributed by atoms with van der Waals surface area (Å²) >= 11 is 0. The maximum absolute atomic E-state index is 12.0. The Hall–Kier alpha value is -2.14. The third-order valence-corrected chi connectivity index (χ3v) is 3.05. The number of aromatic nitrogens is 1. The van der Waals surface area contributed by atoms with E-state index in [1.165, 1.54) is 4.90 Å². The van der Waals surface area contributed by atoms with Gasteiger partial charge in [-0.3, -0.25) is 4.79 Å². The average Bonchev–Trinajstić information content (AvgIpc) is 2.85. The fourth-order valence-corrected chi connectivity index (χ4v) is 1.94. The number of rotatable bonds is 5. The number of nitrogens with zero attached hydrogens (tertiary/aromatic N) is 2. The first-order chi connectivity index (χ1) is 9.56. The van der Waals surface area contributed by atoms with E-state index < -0.39 is 6.10 Å². The number of hydrogen-bond acceptors (Lipinski definition) is 4. The van der Waals surface area contributed by atoms with Gasteiger partial charge in [-0.15, -0.1) is 0 Å². The zero-order valence-electron chi connectivity index (χ0n) is 11.6. The quantitative estimate of drug-likeness (QED) is 0.906. The van der Waals surface area contributed by atoms with Crippen molar-refractivity contribution in [3.8, 4) is 0 Å². The molecule has 0 aliphatic rings. The van der Waals surface area contributed by atoms with Crippen molar-refractivity contribution in [2.24, 2.45) is 0 Å². The summed E-state index contributed by atoms with van der Waals surface area (Å²) in [7, 11) is 1.68. The van der Waals surface area contributed by atoms with Crippen LogP contribution in [0.15, 0.2) is 40.9 Å². The molecule has 1 N–H and O–H groups in total. The van der Waals surface area contributed by atoms with Gasteiger partial charge in [-0.2, -0.15) is 0 Å². The van der Waals surface area contributed by atoms with Crippen LogP contribution in [-0.2, 0) is 11.3 Å². The van der Waals surface area contributed by atoms with Gasteiger partial charge < -0.3 is 14.5 Å². The Balaban J connectivity index is 1.91. The SMILES string of the molecule is Cc1cc(CN(C)C(=O)CC(O)c2ccccc2)no1. The molecule has 0 saturated heterocycles. The second-order valence-corrected chi connectivity index (χ2v) is 4.81. The Morgan fingerprint density at radius 3 is 2.70 bits per heavy atom. The van der Waals surface area contributed by atoms with Crippen molar-refractivity contribution >= 4 is 5.91 Å². The number of benzene rings is 1. The Bertz CT molecular complexity index is 566. The van der Waals surface area contributed by atoms with Crippen LogP contribution in [-0.4, -0.2) is 28.1 Å². The first kappa shape index (κ1) is 14.3. The molecule has 5 nitrogen and oxygen atoms in total. The minimum atomic E-state index is -0.787. The molecule has 2 aromatic rings. The molecule has 0 saturated carbocycles. The third-order valence-electron chi connectivity index (χ3n) is 3.05. The summed E-state index contributed by atoms with van der Waals surface area (Å²) < 4.78 is 4.96. The van der Waals surface area contributed by atoms with E-state index in [4.69, 9.17) is 4.52 Å². The van der Waals surface area contributed by atoms with Gasteiger partial charge in [0.1, 0.15) is 11.5 Å². The van der Waals surface area contributed by atoms with Crippen LogP contribution in [0.3, 0.4) is 0 Å². The van der Waals surface area contributed by atoms with Crippen LogP contribution in [0, 0.1) is 6.92 Å². The molecule has 106 valence electrons. The fraction of sp³-hybridized carbons (Fsp3) is 0.333. The maximum atomic E-state index is 12.0. The molecular weight excluding hydrogens is 256 g/mol. The standard InChI is InChI=1S/C15H18N2O3/c1-11-8-13(16-20-11)10-17(2)15(19)9-14(18)12-6-4-3-5-7-12/h3-8,14,18H,9-10H2,1-2H3. The highest BCUT2D eigenvalue weighted by atomic mass is 16.5. The molecule has 1 aromatic heterocycles. The van der Waals surface area contributed by atoms with Crippen LogP contribution < -0.4 is 0 Å². The fourth-order valence-electron chi connectivity index (χ4n) is 1.94. The maximum Gasteiger partial charge on any atom is 0.225 e. The Morgan fingerprint density at radius 2 is 2.10 bits per heavy atom. The predicted octanol–water partition coefficient (Wildman–Crippen LogP) is 2.07. The minimum absolute atomic E-state index is 0.0529. The largest absolute Gasteiger partial charge is 0.388 e. The highest BCUT2D eigenvalue weighted by Gasteiger charge is 2.17. The third kappa shape index (κ3) is 3.68. The van der Waals surface area contributed by atoms with E-state index in [9.17, 15) is 9.90 Å². The number of carbonyl (C=O) groups is 1. The molecule has 1 aromatic carbocycles. The molecular formula is C15H18N2O3. The van der Waals surface area contributed by atoms with Crippen LogP contribution in [0.5, 0.6) is 0 Å². The number of aliphatic hydroxyl groups excluding tert-OH is 1. The van der Waals surface area contributed by atoms with E-state index >= 15 is 0 Å². The molecule has 1 unspecified atom stereocenters. The zero-order valence-corrected chi connectivity index (χ0v) is 11.6. The lowest BCUT2D eigenvalue weighted by atomic mass is 10.1.